The Kier molecular flexibility index (Phi) is 2.60. The van der Waals surface area contributed by atoms with Crippen molar-refractivity contribution in [3.8, 4) is 11.3 Å². The van der Waals surface area contributed by atoms with Crippen molar-refractivity contribution in [1.82, 2.24) is 20.1 Å². The van der Waals surface area contributed by atoms with Gasteiger partial charge < -0.3 is 15.2 Å². The van der Waals surface area contributed by atoms with E-state index in [4.69, 9.17) is 0 Å². The molecule has 0 saturated carbocycles. The summed E-state index contributed by atoms with van der Waals surface area (Å²) < 4.78 is 1.94. The molecule has 1 fully saturated rings. The van der Waals surface area contributed by atoms with E-state index in [2.05, 4.69) is 32.4 Å². The van der Waals surface area contributed by atoms with Crippen molar-refractivity contribution in [2.75, 3.05) is 31.1 Å². The maximum absolute atomic E-state index is 4.59. The van der Waals surface area contributed by atoms with Crippen LogP contribution in [0.1, 0.15) is 0 Å². The first-order valence-electron chi connectivity index (χ1n) is 5.97. The van der Waals surface area contributed by atoms with E-state index in [0.29, 0.717) is 0 Å². The molecule has 1 aliphatic rings. The number of nitrogens with zero attached hydrogens (tertiary/aromatic N) is 3. The number of hydrogen-bond donors (Lipinski definition) is 2. The maximum Gasteiger partial charge on any atom is 0.151 e. The molecule has 2 N–H and O–H groups in total. The van der Waals surface area contributed by atoms with Crippen LogP contribution in [-0.2, 0) is 7.05 Å². The molecule has 0 unspecified atom stereocenters. The Hall–Kier alpha value is -1.75. The summed E-state index contributed by atoms with van der Waals surface area (Å²) in [5.41, 5.74) is 2.33. The van der Waals surface area contributed by atoms with Gasteiger partial charge in [0.05, 0.1) is 5.69 Å². The third-order valence-corrected chi connectivity index (χ3v) is 3.20. The smallest absolute Gasteiger partial charge is 0.151 e. The zero-order valence-electron chi connectivity index (χ0n) is 9.98. The number of aromatic amines is 1. The van der Waals surface area contributed by atoms with Crippen LogP contribution in [0.2, 0.25) is 0 Å². The summed E-state index contributed by atoms with van der Waals surface area (Å²) >= 11 is 0. The zero-order valence-corrected chi connectivity index (χ0v) is 9.98. The lowest BCUT2D eigenvalue weighted by molar-refractivity contribution is 0.581. The third-order valence-electron chi connectivity index (χ3n) is 3.20. The van der Waals surface area contributed by atoms with Crippen molar-refractivity contribution in [3.05, 3.63) is 24.5 Å². The molecule has 0 atom stereocenters. The highest BCUT2D eigenvalue weighted by Gasteiger charge is 2.15. The molecule has 0 aliphatic carbocycles. The fourth-order valence-corrected chi connectivity index (χ4v) is 2.25. The van der Waals surface area contributed by atoms with Gasteiger partial charge in [0.2, 0.25) is 0 Å². The Morgan fingerprint density at radius 2 is 2.12 bits per heavy atom. The topological polar surface area (TPSA) is 48.9 Å². The quantitative estimate of drug-likeness (QED) is 0.804. The second kappa shape index (κ2) is 4.25. The number of hydrogen-bond acceptors (Lipinski definition) is 3. The Morgan fingerprint density at radius 3 is 2.82 bits per heavy atom. The van der Waals surface area contributed by atoms with Crippen molar-refractivity contribution in [1.29, 1.82) is 0 Å². The lowest BCUT2D eigenvalue weighted by Gasteiger charge is -2.27. The van der Waals surface area contributed by atoms with Crippen LogP contribution in [0.25, 0.3) is 11.3 Å². The molecule has 0 spiro atoms. The molecule has 3 heterocycles. The van der Waals surface area contributed by atoms with Gasteiger partial charge >= 0.3 is 0 Å². The van der Waals surface area contributed by atoms with Crippen molar-refractivity contribution >= 4 is 5.82 Å². The predicted octanol–water partition coefficient (Wildman–Crippen LogP) is 0.825. The van der Waals surface area contributed by atoms with E-state index in [1.54, 1.807) is 0 Å². The van der Waals surface area contributed by atoms with Crippen molar-refractivity contribution < 1.29 is 0 Å². The fraction of sp³-hybridized carbons (Fsp3) is 0.417. The van der Waals surface area contributed by atoms with Crippen LogP contribution >= 0.6 is 0 Å². The lowest BCUT2D eigenvalue weighted by atomic mass is 10.2. The Balaban J connectivity index is 1.90. The van der Waals surface area contributed by atoms with E-state index in [1.807, 2.05) is 24.1 Å². The average Bonchev–Trinajstić information content (AvgIpc) is 2.99. The molecule has 2 aromatic heterocycles. The standard InChI is InChI=1S/C12H17N5/c1-16-11(10-2-3-14-9-10)8-12(15-16)17-6-4-13-5-7-17/h2-3,8-9,13-14H,4-7H2,1H3. The van der Waals surface area contributed by atoms with Crippen molar-refractivity contribution in [2.24, 2.45) is 7.05 Å². The van der Waals surface area contributed by atoms with Crippen LogP contribution in [0.15, 0.2) is 24.5 Å². The summed E-state index contributed by atoms with van der Waals surface area (Å²) in [7, 11) is 1.99. The molecule has 0 aromatic carbocycles. The Labute approximate surface area is 100 Å². The number of rotatable bonds is 2. The van der Waals surface area contributed by atoms with Gasteiger partial charge in [-0.1, -0.05) is 0 Å². The number of aromatic nitrogens is 3. The van der Waals surface area contributed by atoms with Gasteiger partial charge in [-0.2, -0.15) is 5.10 Å². The predicted molar refractivity (Wildman–Crippen MR) is 68.1 cm³/mol. The second-order valence-corrected chi connectivity index (χ2v) is 4.35. The number of nitrogens with one attached hydrogen (secondary N) is 2. The van der Waals surface area contributed by atoms with Gasteiger partial charge in [0, 0.05) is 57.3 Å². The van der Waals surface area contributed by atoms with E-state index < -0.39 is 0 Å². The monoisotopic (exact) mass is 231 g/mol. The summed E-state index contributed by atoms with van der Waals surface area (Å²) in [6, 6.07) is 4.23. The van der Waals surface area contributed by atoms with Crippen LogP contribution in [0.5, 0.6) is 0 Å². The SMILES string of the molecule is Cn1nc(N2CCNCC2)cc1-c1cc[nH]c1. The molecule has 2 aromatic rings. The largest absolute Gasteiger partial charge is 0.367 e. The number of anilines is 1. The van der Waals surface area contributed by atoms with Crippen molar-refractivity contribution in [3.63, 3.8) is 0 Å². The molecular weight excluding hydrogens is 214 g/mol. The highest BCUT2D eigenvalue weighted by Crippen LogP contribution is 2.23. The lowest BCUT2D eigenvalue weighted by Crippen LogP contribution is -2.43. The molecule has 3 rings (SSSR count). The normalized spacial score (nSPS) is 16.4. The average molecular weight is 231 g/mol. The summed E-state index contributed by atoms with van der Waals surface area (Å²) in [6.45, 7) is 4.14. The summed E-state index contributed by atoms with van der Waals surface area (Å²) in [6.07, 6.45) is 3.94. The minimum absolute atomic E-state index is 1.03. The van der Waals surface area contributed by atoms with Crippen LogP contribution < -0.4 is 10.2 Å². The van der Waals surface area contributed by atoms with E-state index in [-0.39, 0.29) is 0 Å². The number of H-pyrrole nitrogens is 1. The van der Waals surface area contributed by atoms with Crippen LogP contribution in [0.3, 0.4) is 0 Å². The molecular formula is C12H17N5. The molecule has 0 bridgehead atoms. The molecule has 1 saturated heterocycles. The van der Waals surface area contributed by atoms with E-state index >= 15 is 0 Å². The Morgan fingerprint density at radius 1 is 1.29 bits per heavy atom. The van der Waals surface area contributed by atoms with E-state index in [1.165, 1.54) is 5.56 Å². The number of piperazine rings is 1. The molecule has 1 aliphatic heterocycles. The van der Waals surface area contributed by atoms with Crippen molar-refractivity contribution in [2.45, 2.75) is 0 Å². The van der Waals surface area contributed by atoms with Gasteiger partial charge in [-0.25, -0.2) is 0 Å². The van der Waals surface area contributed by atoms with Gasteiger partial charge in [0.1, 0.15) is 0 Å². The number of aryl methyl sites for hydroxylation is 1. The van der Waals surface area contributed by atoms with E-state index in [0.717, 1.165) is 37.7 Å². The van der Waals surface area contributed by atoms with Crippen LogP contribution in [0.4, 0.5) is 5.82 Å². The summed E-state index contributed by atoms with van der Waals surface area (Å²) in [5.74, 6) is 1.07. The highest BCUT2D eigenvalue weighted by atomic mass is 15.4. The minimum Gasteiger partial charge on any atom is -0.367 e. The molecule has 0 amide bonds. The highest BCUT2D eigenvalue weighted by molar-refractivity contribution is 5.63. The first kappa shape index (κ1) is 10.4. The van der Waals surface area contributed by atoms with Gasteiger partial charge in [-0.15, -0.1) is 0 Å². The third kappa shape index (κ3) is 1.93. The van der Waals surface area contributed by atoms with Crippen LogP contribution in [0, 0.1) is 0 Å². The summed E-state index contributed by atoms with van der Waals surface area (Å²) in [4.78, 5) is 5.41. The first-order valence-corrected chi connectivity index (χ1v) is 5.97. The molecule has 17 heavy (non-hydrogen) atoms. The molecule has 5 heteroatoms. The molecule has 90 valence electrons. The van der Waals surface area contributed by atoms with Gasteiger partial charge in [-0.05, 0) is 6.07 Å². The van der Waals surface area contributed by atoms with Gasteiger partial charge in [0.25, 0.3) is 0 Å². The zero-order chi connectivity index (χ0) is 11.7. The van der Waals surface area contributed by atoms with Crippen LogP contribution in [-0.4, -0.2) is 40.9 Å². The summed E-state index contributed by atoms with van der Waals surface area (Å²) in [5, 5.41) is 7.94. The van der Waals surface area contributed by atoms with E-state index in [9.17, 15) is 0 Å². The first-order chi connectivity index (χ1) is 8.34. The fourth-order valence-electron chi connectivity index (χ4n) is 2.25. The molecule has 5 nitrogen and oxygen atoms in total. The van der Waals surface area contributed by atoms with Gasteiger partial charge in [-0.3, -0.25) is 4.68 Å². The Bertz CT molecular complexity index is 479. The second-order valence-electron chi connectivity index (χ2n) is 4.35. The van der Waals surface area contributed by atoms with Gasteiger partial charge in [0.15, 0.2) is 5.82 Å². The minimum atomic E-state index is 1.03. The molecule has 0 radical (unpaired) electrons. The maximum atomic E-state index is 4.59.